The molecule has 0 unspecified atom stereocenters. The molecule has 0 aliphatic heterocycles. The van der Waals surface area contributed by atoms with Crippen molar-refractivity contribution in [1.29, 1.82) is 0 Å². The standard InChI is InChI=1S/C8H11N3O2/c1-11-3-2-6(4-8(11)13)10-7(12)5-9/h2-4H,5,9H2,1H3,(H,10,12). The van der Waals surface area contributed by atoms with Gasteiger partial charge in [-0.05, 0) is 6.07 Å². The second-order valence-electron chi connectivity index (χ2n) is 2.62. The number of hydrogen-bond donors (Lipinski definition) is 2. The predicted molar refractivity (Wildman–Crippen MR) is 49.4 cm³/mol. The topological polar surface area (TPSA) is 77.1 Å². The van der Waals surface area contributed by atoms with Crippen LogP contribution >= 0.6 is 0 Å². The lowest BCUT2D eigenvalue weighted by Crippen LogP contribution is -2.23. The van der Waals surface area contributed by atoms with Gasteiger partial charge < -0.3 is 15.6 Å². The molecule has 1 amide bonds. The van der Waals surface area contributed by atoms with Crippen molar-refractivity contribution >= 4 is 11.6 Å². The number of nitrogens with one attached hydrogen (secondary N) is 1. The monoisotopic (exact) mass is 181 g/mol. The molecule has 0 atom stereocenters. The highest BCUT2D eigenvalue weighted by atomic mass is 16.2. The average molecular weight is 181 g/mol. The van der Waals surface area contributed by atoms with Gasteiger partial charge in [-0.15, -0.1) is 0 Å². The van der Waals surface area contributed by atoms with Crippen molar-refractivity contribution < 1.29 is 4.79 Å². The highest BCUT2D eigenvalue weighted by Gasteiger charge is 1.99. The summed E-state index contributed by atoms with van der Waals surface area (Å²) >= 11 is 0. The molecule has 0 saturated carbocycles. The molecule has 0 radical (unpaired) electrons. The van der Waals surface area contributed by atoms with Gasteiger partial charge in [0.1, 0.15) is 0 Å². The van der Waals surface area contributed by atoms with E-state index in [1.165, 1.54) is 10.6 Å². The average Bonchev–Trinajstić information content (AvgIpc) is 2.11. The normalized spacial score (nSPS) is 9.69. The van der Waals surface area contributed by atoms with E-state index in [1.54, 1.807) is 19.3 Å². The van der Waals surface area contributed by atoms with E-state index in [-0.39, 0.29) is 18.0 Å². The minimum Gasteiger partial charge on any atom is -0.325 e. The van der Waals surface area contributed by atoms with Crippen LogP contribution in [-0.2, 0) is 11.8 Å². The van der Waals surface area contributed by atoms with E-state index in [1.807, 2.05) is 0 Å². The number of amides is 1. The summed E-state index contributed by atoms with van der Waals surface area (Å²) in [7, 11) is 1.64. The summed E-state index contributed by atoms with van der Waals surface area (Å²) in [6.45, 7) is -0.0881. The highest BCUT2D eigenvalue weighted by Crippen LogP contribution is 2.00. The molecule has 5 nitrogen and oxygen atoms in total. The maximum Gasteiger partial charge on any atom is 0.252 e. The molecule has 13 heavy (non-hydrogen) atoms. The third-order valence-corrected chi connectivity index (χ3v) is 1.57. The number of nitrogens with two attached hydrogens (primary N) is 1. The van der Waals surface area contributed by atoms with E-state index in [4.69, 9.17) is 5.73 Å². The Kier molecular flexibility index (Phi) is 2.81. The largest absolute Gasteiger partial charge is 0.325 e. The first-order valence-corrected chi connectivity index (χ1v) is 3.80. The Morgan fingerprint density at radius 3 is 2.92 bits per heavy atom. The zero-order chi connectivity index (χ0) is 9.84. The Bertz CT molecular complexity index is 370. The number of hydrogen-bond acceptors (Lipinski definition) is 3. The summed E-state index contributed by atoms with van der Waals surface area (Å²) in [6, 6.07) is 2.97. The maximum absolute atomic E-state index is 11.1. The summed E-state index contributed by atoms with van der Waals surface area (Å²) in [5.41, 5.74) is 5.39. The molecule has 1 aromatic heterocycles. The molecule has 0 bridgehead atoms. The SMILES string of the molecule is Cn1ccc(NC(=O)CN)cc1=O. The van der Waals surface area contributed by atoms with Crippen LogP contribution in [0.5, 0.6) is 0 Å². The van der Waals surface area contributed by atoms with Gasteiger partial charge in [-0.3, -0.25) is 9.59 Å². The molecule has 70 valence electrons. The number of aryl methyl sites for hydroxylation is 1. The van der Waals surface area contributed by atoms with E-state index in [2.05, 4.69) is 5.32 Å². The fourth-order valence-electron chi connectivity index (χ4n) is 0.838. The third-order valence-electron chi connectivity index (χ3n) is 1.57. The van der Waals surface area contributed by atoms with Crippen molar-refractivity contribution in [3.63, 3.8) is 0 Å². The van der Waals surface area contributed by atoms with E-state index >= 15 is 0 Å². The fraction of sp³-hybridized carbons (Fsp3) is 0.250. The minimum atomic E-state index is -0.312. The van der Waals surface area contributed by atoms with E-state index in [0.29, 0.717) is 5.69 Å². The smallest absolute Gasteiger partial charge is 0.252 e. The van der Waals surface area contributed by atoms with Crippen LogP contribution < -0.4 is 16.6 Å². The summed E-state index contributed by atoms with van der Waals surface area (Å²) in [5, 5.41) is 2.48. The van der Waals surface area contributed by atoms with Crippen molar-refractivity contribution in [3.05, 3.63) is 28.7 Å². The Hall–Kier alpha value is -1.62. The van der Waals surface area contributed by atoms with Gasteiger partial charge in [0.05, 0.1) is 6.54 Å². The Morgan fingerprint density at radius 1 is 1.69 bits per heavy atom. The first-order chi connectivity index (χ1) is 6.13. The molecule has 3 N–H and O–H groups in total. The van der Waals surface area contributed by atoms with Gasteiger partial charge in [-0.1, -0.05) is 0 Å². The Labute approximate surface area is 75.2 Å². The molecule has 0 saturated heterocycles. The highest BCUT2D eigenvalue weighted by molar-refractivity contribution is 5.91. The van der Waals surface area contributed by atoms with Crippen molar-refractivity contribution in [3.8, 4) is 0 Å². The lowest BCUT2D eigenvalue weighted by atomic mass is 10.4. The van der Waals surface area contributed by atoms with Crippen LogP contribution in [0.1, 0.15) is 0 Å². The van der Waals surface area contributed by atoms with Crippen molar-refractivity contribution in [2.24, 2.45) is 12.8 Å². The molecular formula is C8H11N3O2. The zero-order valence-electron chi connectivity index (χ0n) is 7.28. The van der Waals surface area contributed by atoms with Crippen LogP contribution in [0.2, 0.25) is 0 Å². The minimum absolute atomic E-state index is 0.0881. The van der Waals surface area contributed by atoms with Crippen molar-refractivity contribution in [2.75, 3.05) is 11.9 Å². The molecule has 0 aliphatic carbocycles. The third kappa shape index (κ3) is 2.41. The summed E-state index contributed by atoms with van der Waals surface area (Å²) in [6.07, 6.45) is 1.58. The molecule has 1 aromatic rings. The number of carbonyl (C=O) groups is 1. The first-order valence-electron chi connectivity index (χ1n) is 3.80. The maximum atomic E-state index is 11.1. The van der Waals surface area contributed by atoms with Crippen LogP contribution in [-0.4, -0.2) is 17.0 Å². The van der Waals surface area contributed by atoms with Crippen LogP contribution in [0.25, 0.3) is 0 Å². The molecule has 0 aromatic carbocycles. The molecular weight excluding hydrogens is 170 g/mol. The molecule has 5 heteroatoms. The summed E-state index contributed by atoms with van der Waals surface area (Å²) < 4.78 is 1.41. The number of nitrogens with zero attached hydrogens (tertiary/aromatic N) is 1. The van der Waals surface area contributed by atoms with E-state index in [9.17, 15) is 9.59 Å². The molecule has 1 heterocycles. The number of pyridine rings is 1. The van der Waals surface area contributed by atoms with Gasteiger partial charge >= 0.3 is 0 Å². The lowest BCUT2D eigenvalue weighted by Gasteiger charge is -2.03. The first kappa shape index (κ1) is 9.47. The van der Waals surface area contributed by atoms with Gasteiger partial charge in [0.2, 0.25) is 5.91 Å². The second kappa shape index (κ2) is 3.86. The molecule has 0 aliphatic rings. The van der Waals surface area contributed by atoms with Gasteiger partial charge in [0.15, 0.2) is 0 Å². The van der Waals surface area contributed by atoms with Crippen LogP contribution in [0, 0.1) is 0 Å². The second-order valence-corrected chi connectivity index (χ2v) is 2.62. The van der Waals surface area contributed by atoms with Crippen molar-refractivity contribution in [1.82, 2.24) is 4.57 Å². The number of carbonyl (C=O) groups excluding carboxylic acids is 1. The lowest BCUT2D eigenvalue weighted by molar-refractivity contribution is -0.114. The van der Waals surface area contributed by atoms with E-state index < -0.39 is 0 Å². The molecule has 0 spiro atoms. The van der Waals surface area contributed by atoms with Crippen molar-refractivity contribution in [2.45, 2.75) is 0 Å². The Balaban J connectivity index is 2.86. The van der Waals surface area contributed by atoms with Gasteiger partial charge in [-0.2, -0.15) is 0 Å². The quantitative estimate of drug-likeness (QED) is 0.632. The van der Waals surface area contributed by atoms with E-state index in [0.717, 1.165) is 0 Å². The van der Waals surface area contributed by atoms with Gasteiger partial charge in [0.25, 0.3) is 5.56 Å². The van der Waals surface area contributed by atoms with Crippen LogP contribution in [0.15, 0.2) is 23.1 Å². The molecule has 1 rings (SSSR count). The molecule has 0 fully saturated rings. The number of rotatable bonds is 2. The fourth-order valence-corrected chi connectivity index (χ4v) is 0.838. The van der Waals surface area contributed by atoms with Crippen LogP contribution in [0.4, 0.5) is 5.69 Å². The van der Waals surface area contributed by atoms with Gasteiger partial charge in [0, 0.05) is 25.0 Å². The predicted octanol–water partition coefficient (Wildman–Crippen LogP) is -0.717. The zero-order valence-corrected chi connectivity index (χ0v) is 7.28. The summed E-state index contributed by atoms with van der Waals surface area (Å²) in [5.74, 6) is -0.312. The number of anilines is 1. The van der Waals surface area contributed by atoms with Gasteiger partial charge in [-0.25, -0.2) is 0 Å². The Morgan fingerprint density at radius 2 is 2.38 bits per heavy atom. The van der Waals surface area contributed by atoms with Crippen LogP contribution in [0.3, 0.4) is 0 Å². The summed E-state index contributed by atoms with van der Waals surface area (Å²) in [4.78, 5) is 21.9. The number of aromatic nitrogens is 1.